The predicted octanol–water partition coefficient (Wildman–Crippen LogP) is 2.78. The molecule has 1 saturated heterocycles. The number of nitrogens with zero attached hydrogens (tertiary/aromatic N) is 2. The largest absolute Gasteiger partial charge is 0.385 e. The second kappa shape index (κ2) is 5.89. The highest BCUT2D eigenvalue weighted by molar-refractivity contribution is 5.65. The molecule has 1 saturated carbocycles. The van der Waals surface area contributed by atoms with Gasteiger partial charge in [0.15, 0.2) is 0 Å². The van der Waals surface area contributed by atoms with Crippen molar-refractivity contribution in [2.24, 2.45) is 0 Å². The molecule has 1 aromatic rings. The van der Waals surface area contributed by atoms with Crippen LogP contribution in [0.3, 0.4) is 0 Å². The van der Waals surface area contributed by atoms with Gasteiger partial charge in [-0.15, -0.1) is 0 Å². The molecule has 2 aliphatic rings. The molecule has 0 aromatic heterocycles. The summed E-state index contributed by atoms with van der Waals surface area (Å²) in [5, 5.41) is 14.3. The molecule has 6 heteroatoms. The van der Waals surface area contributed by atoms with Gasteiger partial charge in [0.2, 0.25) is 0 Å². The molecule has 1 aliphatic heterocycles. The number of nitro benzene ring substituents is 1. The number of hydrogen-bond donors (Lipinski definition) is 1. The molecular formula is C15H21N3O3. The van der Waals surface area contributed by atoms with E-state index in [1.165, 1.54) is 6.42 Å². The SMILES string of the molecule is CCNc1cc(N2CCOC3CCCC32)cc([N+](=O)[O-])c1. The molecule has 2 unspecified atom stereocenters. The monoisotopic (exact) mass is 291 g/mol. The number of rotatable bonds is 4. The molecule has 2 fully saturated rings. The molecule has 1 aliphatic carbocycles. The van der Waals surface area contributed by atoms with Crippen molar-refractivity contribution in [3.63, 3.8) is 0 Å². The minimum absolute atomic E-state index is 0.143. The Morgan fingerprint density at radius 1 is 1.43 bits per heavy atom. The van der Waals surface area contributed by atoms with Crippen LogP contribution in [0.25, 0.3) is 0 Å². The van der Waals surface area contributed by atoms with E-state index in [2.05, 4.69) is 10.2 Å². The first kappa shape index (κ1) is 14.1. The van der Waals surface area contributed by atoms with Crippen molar-refractivity contribution in [3.8, 4) is 0 Å². The van der Waals surface area contributed by atoms with Crippen LogP contribution < -0.4 is 10.2 Å². The van der Waals surface area contributed by atoms with Gasteiger partial charge in [-0.1, -0.05) is 0 Å². The summed E-state index contributed by atoms with van der Waals surface area (Å²) < 4.78 is 5.82. The fraction of sp³-hybridized carbons (Fsp3) is 0.600. The number of ether oxygens (including phenoxy) is 1. The standard InChI is InChI=1S/C15H21N3O3/c1-2-16-11-8-12(10-13(9-11)18(19)20)17-6-7-21-15-5-3-4-14(15)17/h8-10,14-16H,2-7H2,1H3. The lowest BCUT2D eigenvalue weighted by atomic mass is 10.1. The Balaban J connectivity index is 1.94. The van der Waals surface area contributed by atoms with Gasteiger partial charge in [0, 0.05) is 36.6 Å². The second-order valence-electron chi connectivity index (χ2n) is 5.63. The van der Waals surface area contributed by atoms with Gasteiger partial charge >= 0.3 is 0 Å². The van der Waals surface area contributed by atoms with Gasteiger partial charge in [-0.2, -0.15) is 0 Å². The maximum absolute atomic E-state index is 11.2. The van der Waals surface area contributed by atoms with Gasteiger partial charge < -0.3 is 15.0 Å². The number of fused-ring (bicyclic) bond motifs is 1. The van der Waals surface area contributed by atoms with Crippen molar-refractivity contribution in [2.45, 2.75) is 38.3 Å². The van der Waals surface area contributed by atoms with Crippen LogP contribution in [0.15, 0.2) is 18.2 Å². The van der Waals surface area contributed by atoms with Crippen molar-refractivity contribution in [1.82, 2.24) is 0 Å². The van der Waals surface area contributed by atoms with Crippen molar-refractivity contribution in [2.75, 3.05) is 29.9 Å². The molecule has 0 radical (unpaired) electrons. The highest BCUT2D eigenvalue weighted by Crippen LogP contribution is 2.35. The molecular weight excluding hydrogens is 270 g/mol. The number of nitrogens with one attached hydrogen (secondary N) is 1. The van der Waals surface area contributed by atoms with Crippen LogP contribution in [-0.2, 0) is 4.74 Å². The molecule has 1 N–H and O–H groups in total. The molecule has 1 heterocycles. The molecule has 0 spiro atoms. The molecule has 0 amide bonds. The third-order valence-electron chi connectivity index (χ3n) is 4.31. The zero-order chi connectivity index (χ0) is 14.8. The van der Waals surface area contributed by atoms with Gasteiger partial charge in [0.1, 0.15) is 0 Å². The molecule has 1 aromatic carbocycles. The smallest absolute Gasteiger partial charge is 0.273 e. The summed E-state index contributed by atoms with van der Waals surface area (Å²) in [4.78, 5) is 13.1. The number of morpholine rings is 1. The van der Waals surface area contributed by atoms with E-state index in [-0.39, 0.29) is 16.7 Å². The van der Waals surface area contributed by atoms with E-state index in [1.807, 2.05) is 13.0 Å². The predicted molar refractivity (Wildman–Crippen MR) is 82.0 cm³/mol. The Hall–Kier alpha value is -1.82. The molecule has 114 valence electrons. The highest BCUT2D eigenvalue weighted by atomic mass is 16.6. The summed E-state index contributed by atoms with van der Waals surface area (Å²) in [6, 6.07) is 5.65. The minimum atomic E-state index is -0.323. The van der Waals surface area contributed by atoms with Gasteiger partial charge in [-0.05, 0) is 32.3 Å². The van der Waals surface area contributed by atoms with E-state index in [9.17, 15) is 10.1 Å². The molecule has 6 nitrogen and oxygen atoms in total. The molecule has 2 atom stereocenters. The number of non-ortho nitro benzene ring substituents is 1. The summed E-state index contributed by atoms with van der Waals surface area (Å²) >= 11 is 0. The minimum Gasteiger partial charge on any atom is -0.385 e. The quantitative estimate of drug-likeness (QED) is 0.682. The van der Waals surface area contributed by atoms with Gasteiger partial charge in [-0.3, -0.25) is 10.1 Å². The van der Waals surface area contributed by atoms with Crippen LogP contribution in [0.5, 0.6) is 0 Å². The van der Waals surface area contributed by atoms with E-state index in [4.69, 9.17) is 4.74 Å². The van der Waals surface area contributed by atoms with Crippen molar-refractivity contribution in [1.29, 1.82) is 0 Å². The summed E-state index contributed by atoms with van der Waals surface area (Å²) in [7, 11) is 0. The maximum atomic E-state index is 11.2. The highest BCUT2D eigenvalue weighted by Gasteiger charge is 2.36. The lowest BCUT2D eigenvalue weighted by Crippen LogP contribution is -2.48. The lowest BCUT2D eigenvalue weighted by Gasteiger charge is -2.39. The summed E-state index contributed by atoms with van der Waals surface area (Å²) in [6.45, 7) is 4.23. The van der Waals surface area contributed by atoms with Crippen LogP contribution in [0.1, 0.15) is 26.2 Å². The Labute approximate surface area is 124 Å². The zero-order valence-electron chi connectivity index (χ0n) is 12.2. The number of nitro groups is 1. The number of benzene rings is 1. The topological polar surface area (TPSA) is 67.6 Å². The number of anilines is 2. The van der Waals surface area contributed by atoms with E-state index in [0.29, 0.717) is 12.6 Å². The summed E-state index contributed by atoms with van der Waals surface area (Å²) in [6.07, 6.45) is 3.64. The van der Waals surface area contributed by atoms with Crippen LogP contribution >= 0.6 is 0 Å². The van der Waals surface area contributed by atoms with Crippen LogP contribution in [0.4, 0.5) is 17.1 Å². The third kappa shape index (κ3) is 2.81. The van der Waals surface area contributed by atoms with E-state index in [1.54, 1.807) is 12.1 Å². The maximum Gasteiger partial charge on any atom is 0.273 e. The van der Waals surface area contributed by atoms with E-state index < -0.39 is 0 Å². The first-order valence-electron chi connectivity index (χ1n) is 7.60. The van der Waals surface area contributed by atoms with Crippen LogP contribution in [-0.4, -0.2) is 36.8 Å². The molecule has 3 rings (SSSR count). The normalized spacial score (nSPS) is 24.7. The van der Waals surface area contributed by atoms with Gasteiger partial charge in [0.25, 0.3) is 5.69 Å². The molecule has 0 bridgehead atoms. The average Bonchev–Trinajstić information content (AvgIpc) is 2.95. The van der Waals surface area contributed by atoms with Gasteiger partial charge in [0.05, 0.1) is 23.7 Å². The van der Waals surface area contributed by atoms with E-state index in [0.717, 1.165) is 37.3 Å². The zero-order valence-corrected chi connectivity index (χ0v) is 12.2. The molecule has 21 heavy (non-hydrogen) atoms. The number of hydrogen-bond acceptors (Lipinski definition) is 5. The third-order valence-corrected chi connectivity index (χ3v) is 4.31. The fourth-order valence-corrected chi connectivity index (χ4v) is 3.42. The van der Waals surface area contributed by atoms with Crippen molar-refractivity contribution < 1.29 is 9.66 Å². The van der Waals surface area contributed by atoms with Crippen molar-refractivity contribution in [3.05, 3.63) is 28.3 Å². The summed E-state index contributed by atoms with van der Waals surface area (Å²) in [5.41, 5.74) is 1.88. The van der Waals surface area contributed by atoms with Crippen LogP contribution in [0, 0.1) is 10.1 Å². The Morgan fingerprint density at radius 3 is 3.05 bits per heavy atom. The summed E-state index contributed by atoms with van der Waals surface area (Å²) in [5.74, 6) is 0. The first-order valence-corrected chi connectivity index (χ1v) is 7.60. The Morgan fingerprint density at radius 2 is 2.29 bits per heavy atom. The Kier molecular flexibility index (Phi) is 3.96. The average molecular weight is 291 g/mol. The van der Waals surface area contributed by atoms with E-state index >= 15 is 0 Å². The van der Waals surface area contributed by atoms with Crippen molar-refractivity contribution >= 4 is 17.1 Å². The Bertz CT molecular complexity index is 535. The lowest BCUT2D eigenvalue weighted by molar-refractivity contribution is -0.384. The van der Waals surface area contributed by atoms with Gasteiger partial charge in [-0.25, -0.2) is 0 Å². The van der Waals surface area contributed by atoms with Crippen LogP contribution in [0.2, 0.25) is 0 Å². The fourth-order valence-electron chi connectivity index (χ4n) is 3.42. The second-order valence-corrected chi connectivity index (χ2v) is 5.63. The first-order chi connectivity index (χ1) is 10.2.